The molecule has 0 N–H and O–H groups in total. The summed E-state index contributed by atoms with van der Waals surface area (Å²) in [5.74, 6) is 0. The van der Waals surface area contributed by atoms with Gasteiger partial charge < -0.3 is 0 Å². The van der Waals surface area contributed by atoms with E-state index in [0.29, 0.717) is 20.9 Å². The van der Waals surface area contributed by atoms with Crippen LogP contribution in [0.4, 0.5) is 0 Å². The molecule has 0 unspecified atom stereocenters. The fourth-order valence-electron chi connectivity index (χ4n) is 2.42. The molecular weight excluding hydrogens is 428 g/mol. The molecule has 12 heteroatoms. The molecule has 0 aliphatic carbocycles. The van der Waals surface area contributed by atoms with Crippen molar-refractivity contribution >= 4 is 25.9 Å². The van der Waals surface area contributed by atoms with Gasteiger partial charge in [0.1, 0.15) is 6.33 Å². The van der Waals surface area contributed by atoms with E-state index in [1.807, 2.05) is 60.7 Å². The van der Waals surface area contributed by atoms with Crippen molar-refractivity contribution in [1.82, 2.24) is 22.9 Å². The number of benzene rings is 2. The first-order valence-corrected chi connectivity index (χ1v) is 11.5. The Morgan fingerprint density at radius 2 is 1.37 bits per heavy atom. The topological polar surface area (TPSA) is 118 Å². The van der Waals surface area contributed by atoms with Crippen LogP contribution < -0.4 is 0 Å². The largest absolute Gasteiger partial charge is 0.323 e. The molecule has 0 saturated heterocycles. The zero-order valence-electron chi connectivity index (χ0n) is 16.5. The molecule has 3 rings (SSSR count). The third kappa shape index (κ3) is 4.25. The average molecular weight is 449 g/mol. The summed E-state index contributed by atoms with van der Waals surface area (Å²) in [5.41, 5.74) is 1.83. The van der Waals surface area contributed by atoms with Crippen LogP contribution in [0, 0.1) is 0 Å². The maximum Gasteiger partial charge on any atom is 0.323 e. The van der Waals surface area contributed by atoms with Crippen molar-refractivity contribution in [2.24, 2.45) is 5.10 Å². The van der Waals surface area contributed by atoms with E-state index in [1.54, 1.807) is 0 Å². The normalized spacial score (nSPS) is 12.0. The van der Waals surface area contributed by atoms with E-state index in [0.717, 1.165) is 15.0 Å². The zero-order chi connectivity index (χ0) is 21.9. The van der Waals surface area contributed by atoms with E-state index >= 15 is 0 Å². The number of hydrogen-bond donors (Lipinski definition) is 0. The Labute approximate surface area is 175 Å². The lowest BCUT2D eigenvalue weighted by Gasteiger charge is -2.15. The monoisotopic (exact) mass is 448 g/mol. The second-order valence-electron chi connectivity index (χ2n) is 6.31. The molecule has 3 aromatic rings. The smallest absolute Gasteiger partial charge is 0.203 e. The van der Waals surface area contributed by atoms with Crippen molar-refractivity contribution in [1.29, 1.82) is 0 Å². The Balaban J connectivity index is 2.04. The van der Waals surface area contributed by atoms with Crippen molar-refractivity contribution in [2.75, 3.05) is 21.1 Å². The molecular formula is C18H20N6O4S2. The van der Waals surface area contributed by atoms with Gasteiger partial charge in [0.05, 0.1) is 5.71 Å². The van der Waals surface area contributed by atoms with E-state index in [1.165, 1.54) is 21.1 Å². The minimum atomic E-state index is -4.30. The van der Waals surface area contributed by atoms with Crippen molar-refractivity contribution < 1.29 is 16.8 Å². The van der Waals surface area contributed by atoms with Crippen LogP contribution in [0.1, 0.15) is 11.1 Å². The van der Waals surface area contributed by atoms with Crippen LogP contribution in [-0.2, 0) is 20.2 Å². The van der Waals surface area contributed by atoms with Crippen LogP contribution in [0.2, 0.25) is 0 Å². The molecule has 158 valence electrons. The highest BCUT2D eigenvalue weighted by Crippen LogP contribution is 2.16. The van der Waals surface area contributed by atoms with E-state index in [-0.39, 0.29) is 0 Å². The van der Waals surface area contributed by atoms with Crippen LogP contribution in [0.15, 0.2) is 77.2 Å². The van der Waals surface area contributed by atoms with Crippen LogP contribution in [0.3, 0.4) is 0 Å². The Kier molecular flexibility index (Phi) is 6.01. The number of rotatable bonds is 7. The van der Waals surface area contributed by atoms with Gasteiger partial charge in [-0.15, -0.1) is 9.19 Å². The lowest BCUT2D eigenvalue weighted by molar-refractivity contribution is 0.480. The predicted octanol–water partition coefficient (Wildman–Crippen LogP) is 1.01. The number of aromatic nitrogens is 3. The second kappa shape index (κ2) is 8.34. The fourth-order valence-corrected chi connectivity index (χ4v) is 3.95. The van der Waals surface area contributed by atoms with Gasteiger partial charge in [-0.05, 0) is 0 Å². The third-order valence-electron chi connectivity index (χ3n) is 4.06. The van der Waals surface area contributed by atoms with E-state index in [4.69, 9.17) is 0 Å². The van der Waals surface area contributed by atoms with Gasteiger partial charge in [-0.1, -0.05) is 60.7 Å². The molecule has 10 nitrogen and oxygen atoms in total. The maximum atomic E-state index is 12.9. The lowest BCUT2D eigenvalue weighted by atomic mass is 10.0. The molecule has 0 fully saturated rings. The van der Waals surface area contributed by atoms with Gasteiger partial charge in [0.25, 0.3) is 5.16 Å². The molecule has 30 heavy (non-hydrogen) atoms. The zero-order valence-corrected chi connectivity index (χ0v) is 18.1. The number of hydrazone groups is 1. The summed E-state index contributed by atoms with van der Waals surface area (Å²) in [5, 5.41) is 7.23. The second-order valence-corrected chi connectivity index (χ2v) is 10.2. The molecule has 0 aliphatic heterocycles. The Morgan fingerprint density at radius 1 is 0.867 bits per heavy atom. The van der Waals surface area contributed by atoms with Crippen LogP contribution in [0.25, 0.3) is 0 Å². The maximum absolute atomic E-state index is 12.9. The summed E-state index contributed by atoms with van der Waals surface area (Å²) in [6, 6.07) is 18.2. The summed E-state index contributed by atoms with van der Waals surface area (Å²) in [6.07, 6.45) is 0.828. The van der Waals surface area contributed by atoms with E-state index < -0.39 is 25.4 Å². The number of sulfonamides is 1. The number of nitrogens with zero attached hydrogens (tertiary/aromatic N) is 6. The summed E-state index contributed by atoms with van der Waals surface area (Å²) >= 11 is 0. The first kappa shape index (κ1) is 21.6. The molecule has 0 amide bonds. The Bertz CT molecular complexity index is 1210. The van der Waals surface area contributed by atoms with Crippen LogP contribution >= 0.6 is 0 Å². The minimum absolute atomic E-state index is 0.419. The first-order chi connectivity index (χ1) is 14.1. The highest BCUT2D eigenvalue weighted by atomic mass is 32.2. The fraction of sp³-hybridized carbons (Fsp3) is 0.167. The standard InChI is InChI=1S/C18H20N6O4S2/c1-22(2)30(27,28)24-14-19-18(21-24)29(25,26)23(3)20-17(15-10-6-4-7-11-15)16-12-8-5-9-13-16/h4-14H,1-3H3. The molecule has 2 aromatic carbocycles. The molecule has 0 radical (unpaired) electrons. The molecule has 1 heterocycles. The van der Waals surface area contributed by atoms with Crippen molar-refractivity contribution in [3.8, 4) is 0 Å². The molecule has 0 bridgehead atoms. The molecule has 1 aromatic heterocycles. The predicted molar refractivity (Wildman–Crippen MR) is 111 cm³/mol. The minimum Gasteiger partial charge on any atom is -0.203 e. The quantitative estimate of drug-likeness (QED) is 0.393. The molecule has 0 aliphatic rings. The van der Waals surface area contributed by atoms with Crippen molar-refractivity contribution in [3.63, 3.8) is 0 Å². The Morgan fingerprint density at radius 3 is 1.83 bits per heavy atom. The SMILES string of the molecule is CN(N=C(c1ccccc1)c1ccccc1)S(=O)(=O)c1ncn(S(=O)(=O)N(C)C)n1. The summed E-state index contributed by atoms with van der Waals surface area (Å²) < 4.78 is 52.2. The molecule has 0 spiro atoms. The number of hydrogen-bond acceptors (Lipinski definition) is 7. The van der Waals surface area contributed by atoms with Gasteiger partial charge in [0.15, 0.2) is 0 Å². The average Bonchev–Trinajstić information content (AvgIpc) is 3.25. The van der Waals surface area contributed by atoms with Gasteiger partial charge in [-0.3, -0.25) is 0 Å². The van der Waals surface area contributed by atoms with Gasteiger partial charge in [-0.25, -0.2) is 4.98 Å². The summed E-state index contributed by atoms with van der Waals surface area (Å²) in [4.78, 5) is 3.66. The van der Waals surface area contributed by atoms with Crippen LogP contribution in [-0.4, -0.2) is 66.6 Å². The Hall–Kier alpha value is -3.09. The van der Waals surface area contributed by atoms with Crippen molar-refractivity contribution in [2.45, 2.75) is 5.16 Å². The van der Waals surface area contributed by atoms with Gasteiger partial charge in [-0.2, -0.15) is 30.7 Å². The summed E-state index contributed by atoms with van der Waals surface area (Å²) in [7, 11) is -4.45. The first-order valence-electron chi connectivity index (χ1n) is 8.67. The van der Waals surface area contributed by atoms with E-state index in [2.05, 4.69) is 15.2 Å². The van der Waals surface area contributed by atoms with Gasteiger partial charge in [0.2, 0.25) is 0 Å². The molecule has 0 atom stereocenters. The van der Waals surface area contributed by atoms with Gasteiger partial charge in [0, 0.05) is 32.3 Å². The third-order valence-corrected chi connectivity index (χ3v) is 7.06. The summed E-state index contributed by atoms with van der Waals surface area (Å²) in [6.45, 7) is 0. The van der Waals surface area contributed by atoms with Crippen LogP contribution in [0.5, 0.6) is 0 Å². The molecule has 0 saturated carbocycles. The highest BCUT2D eigenvalue weighted by molar-refractivity contribution is 7.89. The van der Waals surface area contributed by atoms with E-state index in [9.17, 15) is 16.8 Å². The highest BCUT2D eigenvalue weighted by Gasteiger charge is 2.28. The van der Waals surface area contributed by atoms with Crippen molar-refractivity contribution in [3.05, 3.63) is 78.1 Å². The lowest BCUT2D eigenvalue weighted by Crippen LogP contribution is -2.30. The van der Waals surface area contributed by atoms with Gasteiger partial charge >= 0.3 is 20.2 Å².